The predicted molar refractivity (Wildman–Crippen MR) is 69.4 cm³/mol. The topological polar surface area (TPSA) is 32.3 Å². The molecule has 0 amide bonds. The van der Waals surface area contributed by atoms with Gasteiger partial charge in [-0.1, -0.05) is 31.2 Å². The van der Waals surface area contributed by atoms with Crippen molar-refractivity contribution in [2.75, 3.05) is 5.32 Å². The molecule has 2 N–H and O–H groups in total. The molecule has 0 bridgehead atoms. The summed E-state index contributed by atoms with van der Waals surface area (Å²) in [5, 5.41) is 12.7. The zero-order valence-electron chi connectivity index (χ0n) is 10.1. The average Bonchev–Trinajstić information content (AvgIpc) is 2.30. The van der Waals surface area contributed by atoms with Crippen molar-refractivity contribution in [3.05, 3.63) is 42.5 Å². The van der Waals surface area contributed by atoms with Crippen molar-refractivity contribution in [3.63, 3.8) is 0 Å². The van der Waals surface area contributed by atoms with Gasteiger partial charge in [-0.2, -0.15) is 0 Å². The highest BCUT2D eigenvalue weighted by Gasteiger charge is 2.11. The largest absolute Gasteiger partial charge is 0.392 e. The third-order valence-corrected chi connectivity index (χ3v) is 2.96. The van der Waals surface area contributed by atoms with E-state index in [2.05, 4.69) is 25.7 Å². The molecule has 1 aromatic rings. The quantitative estimate of drug-likeness (QED) is 0.720. The van der Waals surface area contributed by atoms with Crippen LogP contribution in [0.4, 0.5) is 5.69 Å². The lowest BCUT2D eigenvalue weighted by atomic mass is 9.99. The van der Waals surface area contributed by atoms with Gasteiger partial charge in [-0.25, -0.2) is 0 Å². The monoisotopic (exact) mass is 219 g/mol. The zero-order valence-corrected chi connectivity index (χ0v) is 10.1. The maximum Gasteiger partial charge on any atom is 0.0701 e. The van der Waals surface area contributed by atoms with E-state index in [4.69, 9.17) is 0 Å². The Morgan fingerprint density at radius 1 is 1.38 bits per heavy atom. The predicted octanol–water partition coefficient (Wildman–Crippen LogP) is 3.19. The molecule has 0 aliphatic heterocycles. The number of allylic oxidation sites excluding steroid dienone is 1. The highest BCUT2D eigenvalue weighted by Crippen LogP contribution is 2.19. The van der Waals surface area contributed by atoms with Crippen LogP contribution in [-0.4, -0.2) is 11.1 Å². The second-order valence-electron chi connectivity index (χ2n) is 4.25. The van der Waals surface area contributed by atoms with E-state index in [1.807, 2.05) is 30.3 Å². The number of aliphatic hydroxyl groups is 1. The van der Waals surface area contributed by atoms with Crippen molar-refractivity contribution in [1.29, 1.82) is 0 Å². The van der Waals surface area contributed by atoms with E-state index in [-0.39, 0.29) is 6.61 Å². The molecule has 0 saturated heterocycles. The zero-order chi connectivity index (χ0) is 12.0. The van der Waals surface area contributed by atoms with Crippen LogP contribution >= 0.6 is 0 Å². The van der Waals surface area contributed by atoms with Crippen molar-refractivity contribution >= 4 is 5.69 Å². The van der Waals surface area contributed by atoms with Gasteiger partial charge in [-0.3, -0.25) is 0 Å². The fourth-order valence-corrected chi connectivity index (χ4v) is 1.65. The summed E-state index contributed by atoms with van der Waals surface area (Å²) >= 11 is 0. The maximum absolute atomic E-state index is 9.22. The summed E-state index contributed by atoms with van der Waals surface area (Å²) in [6, 6.07) is 8.22. The molecular weight excluding hydrogens is 198 g/mol. The molecule has 2 atom stereocenters. The molecule has 16 heavy (non-hydrogen) atoms. The lowest BCUT2D eigenvalue weighted by Gasteiger charge is -2.22. The van der Waals surface area contributed by atoms with Crippen LogP contribution in [0.1, 0.15) is 25.8 Å². The van der Waals surface area contributed by atoms with E-state index in [0.717, 1.165) is 17.7 Å². The van der Waals surface area contributed by atoms with Gasteiger partial charge in [0.15, 0.2) is 0 Å². The second kappa shape index (κ2) is 6.33. The summed E-state index contributed by atoms with van der Waals surface area (Å²) in [6.07, 6.45) is 2.94. The number of rotatable bonds is 6. The van der Waals surface area contributed by atoms with Crippen LogP contribution in [0, 0.1) is 5.92 Å². The van der Waals surface area contributed by atoms with Crippen LogP contribution in [0.15, 0.2) is 36.9 Å². The lowest BCUT2D eigenvalue weighted by Crippen LogP contribution is -2.24. The molecule has 2 unspecified atom stereocenters. The summed E-state index contributed by atoms with van der Waals surface area (Å²) in [6.45, 7) is 8.18. The molecule has 2 heteroatoms. The number of hydrogen-bond donors (Lipinski definition) is 2. The molecule has 0 fully saturated rings. The van der Waals surface area contributed by atoms with Crippen LogP contribution in [0.25, 0.3) is 0 Å². The van der Waals surface area contributed by atoms with E-state index >= 15 is 0 Å². The minimum atomic E-state index is 0.0751. The molecule has 2 nitrogen and oxygen atoms in total. The Balaban J connectivity index is 2.68. The summed E-state index contributed by atoms with van der Waals surface area (Å²) < 4.78 is 0. The van der Waals surface area contributed by atoms with Gasteiger partial charge in [-0.15, -0.1) is 6.58 Å². The molecule has 1 aromatic carbocycles. The number of anilines is 1. The molecule has 0 spiro atoms. The minimum Gasteiger partial charge on any atom is -0.392 e. The van der Waals surface area contributed by atoms with E-state index < -0.39 is 0 Å². The van der Waals surface area contributed by atoms with Gasteiger partial charge >= 0.3 is 0 Å². The van der Waals surface area contributed by atoms with Gasteiger partial charge in [-0.05, 0) is 25.3 Å². The van der Waals surface area contributed by atoms with Crippen LogP contribution in [0.5, 0.6) is 0 Å². The fourth-order valence-electron chi connectivity index (χ4n) is 1.65. The SMILES string of the molecule is C=CCC(C)C(C)Nc1ccccc1CO. The molecule has 0 heterocycles. The third-order valence-electron chi connectivity index (χ3n) is 2.96. The Labute approximate surface area is 98.0 Å². The van der Waals surface area contributed by atoms with Gasteiger partial charge in [0, 0.05) is 17.3 Å². The average molecular weight is 219 g/mol. The van der Waals surface area contributed by atoms with Gasteiger partial charge in [0.2, 0.25) is 0 Å². The van der Waals surface area contributed by atoms with Crippen molar-refractivity contribution < 1.29 is 5.11 Å². The van der Waals surface area contributed by atoms with Crippen LogP contribution < -0.4 is 5.32 Å². The Bertz CT molecular complexity index is 335. The number of aliphatic hydroxyl groups excluding tert-OH is 1. The first-order valence-corrected chi connectivity index (χ1v) is 5.75. The number of hydrogen-bond acceptors (Lipinski definition) is 2. The molecule has 0 aliphatic rings. The Morgan fingerprint density at radius 3 is 2.69 bits per heavy atom. The molecular formula is C14H21NO. The minimum absolute atomic E-state index is 0.0751. The first kappa shape index (κ1) is 12.8. The van der Waals surface area contributed by atoms with Crippen LogP contribution in [0.2, 0.25) is 0 Å². The lowest BCUT2D eigenvalue weighted by molar-refractivity contribution is 0.282. The molecule has 0 saturated carbocycles. The van der Waals surface area contributed by atoms with E-state index in [9.17, 15) is 5.11 Å². The van der Waals surface area contributed by atoms with E-state index in [1.165, 1.54) is 0 Å². The normalized spacial score (nSPS) is 14.2. The fraction of sp³-hybridized carbons (Fsp3) is 0.429. The number of benzene rings is 1. The first-order chi connectivity index (χ1) is 7.69. The Hall–Kier alpha value is -1.28. The van der Waals surface area contributed by atoms with Gasteiger partial charge < -0.3 is 10.4 Å². The summed E-state index contributed by atoms with van der Waals surface area (Å²) in [4.78, 5) is 0. The summed E-state index contributed by atoms with van der Waals surface area (Å²) in [7, 11) is 0. The highest BCUT2D eigenvalue weighted by atomic mass is 16.3. The Kier molecular flexibility index (Phi) is 5.06. The third kappa shape index (κ3) is 3.38. The number of nitrogens with one attached hydrogen (secondary N) is 1. The maximum atomic E-state index is 9.22. The first-order valence-electron chi connectivity index (χ1n) is 5.75. The van der Waals surface area contributed by atoms with Gasteiger partial charge in [0.05, 0.1) is 6.61 Å². The molecule has 0 aromatic heterocycles. The summed E-state index contributed by atoms with van der Waals surface area (Å²) in [5.41, 5.74) is 1.97. The molecule has 0 aliphatic carbocycles. The standard InChI is InChI=1S/C14H21NO/c1-4-7-11(2)12(3)15-14-9-6-5-8-13(14)10-16/h4-6,8-9,11-12,15-16H,1,7,10H2,2-3H3. The van der Waals surface area contributed by atoms with Crippen molar-refractivity contribution in [2.24, 2.45) is 5.92 Å². The smallest absolute Gasteiger partial charge is 0.0701 e. The Morgan fingerprint density at radius 2 is 2.06 bits per heavy atom. The van der Waals surface area contributed by atoms with Crippen molar-refractivity contribution in [3.8, 4) is 0 Å². The van der Waals surface area contributed by atoms with Crippen molar-refractivity contribution in [1.82, 2.24) is 0 Å². The highest BCUT2D eigenvalue weighted by molar-refractivity contribution is 5.51. The van der Waals surface area contributed by atoms with E-state index in [0.29, 0.717) is 12.0 Å². The van der Waals surface area contributed by atoms with Crippen LogP contribution in [0.3, 0.4) is 0 Å². The molecule has 0 radical (unpaired) electrons. The number of para-hydroxylation sites is 1. The van der Waals surface area contributed by atoms with Gasteiger partial charge in [0.1, 0.15) is 0 Å². The van der Waals surface area contributed by atoms with E-state index in [1.54, 1.807) is 0 Å². The molecule has 88 valence electrons. The van der Waals surface area contributed by atoms with Crippen LogP contribution in [-0.2, 0) is 6.61 Å². The summed E-state index contributed by atoms with van der Waals surface area (Å²) in [5.74, 6) is 0.532. The molecule has 1 rings (SSSR count). The second-order valence-corrected chi connectivity index (χ2v) is 4.25. The van der Waals surface area contributed by atoms with Gasteiger partial charge in [0.25, 0.3) is 0 Å². The van der Waals surface area contributed by atoms with Crippen molar-refractivity contribution in [2.45, 2.75) is 32.9 Å².